The Morgan fingerprint density at radius 3 is 3.06 bits per heavy atom. The first-order valence-corrected chi connectivity index (χ1v) is 5.65. The Hall–Kier alpha value is -2.33. The van der Waals surface area contributed by atoms with Crippen LogP contribution in [0, 0.1) is 0 Å². The van der Waals surface area contributed by atoms with Crippen molar-refractivity contribution in [3.63, 3.8) is 0 Å². The molecule has 1 unspecified atom stereocenters. The van der Waals surface area contributed by atoms with Crippen molar-refractivity contribution in [1.29, 1.82) is 0 Å². The van der Waals surface area contributed by atoms with Crippen molar-refractivity contribution in [3.8, 4) is 0 Å². The zero-order valence-corrected chi connectivity index (χ0v) is 9.59. The van der Waals surface area contributed by atoms with Gasteiger partial charge in [0.1, 0.15) is 6.10 Å². The van der Waals surface area contributed by atoms with Crippen molar-refractivity contribution < 1.29 is 9.53 Å². The Morgan fingerprint density at radius 1 is 1.33 bits per heavy atom. The number of benzene rings is 1. The lowest BCUT2D eigenvalue weighted by molar-refractivity contribution is 0.0953. The van der Waals surface area contributed by atoms with Crippen LogP contribution in [0.15, 0.2) is 42.5 Å². The lowest BCUT2D eigenvalue weighted by atomic mass is 9.98. The normalized spacial score (nSPS) is 19.4. The third-order valence-electron chi connectivity index (χ3n) is 3.08. The minimum absolute atomic E-state index is 0.0707. The molecule has 0 saturated carbocycles. The summed E-state index contributed by atoms with van der Waals surface area (Å²) < 4.78 is 5.61. The highest BCUT2D eigenvalue weighted by molar-refractivity contribution is 5.94. The molecule has 3 rings (SSSR count). The zero-order chi connectivity index (χ0) is 12.5. The minimum atomic E-state index is -0.295. The third kappa shape index (κ3) is 1.63. The van der Waals surface area contributed by atoms with Crippen LogP contribution < -0.4 is 21.7 Å². The molecule has 4 nitrogen and oxygen atoms in total. The van der Waals surface area contributed by atoms with Crippen LogP contribution in [0.3, 0.4) is 0 Å². The standard InChI is InChI=1S/C14H12N2O2/c15-16-14(17)9-5-6-10-8-18-13-4-2-1-3-11(13)12(10)7-9/h1-8,13H,15H2,(H,16,17). The first kappa shape index (κ1) is 10.8. The van der Waals surface area contributed by atoms with Crippen LogP contribution in [0.4, 0.5) is 0 Å². The SMILES string of the molecule is NNC(=O)c1ccc2c(c1)=C1C=CC=CC1OC=2. The predicted molar refractivity (Wildman–Crippen MR) is 68.4 cm³/mol. The highest BCUT2D eigenvalue weighted by Crippen LogP contribution is 2.16. The quantitative estimate of drug-likeness (QED) is 0.402. The molecule has 1 heterocycles. The van der Waals surface area contributed by atoms with Crippen LogP contribution in [-0.4, -0.2) is 12.0 Å². The molecule has 1 aromatic carbocycles. The molecule has 1 atom stereocenters. The molecule has 0 aromatic heterocycles. The van der Waals surface area contributed by atoms with E-state index in [1.807, 2.05) is 36.4 Å². The van der Waals surface area contributed by atoms with Crippen molar-refractivity contribution in [2.45, 2.75) is 6.10 Å². The molecule has 1 amide bonds. The average molecular weight is 240 g/mol. The van der Waals surface area contributed by atoms with Crippen molar-refractivity contribution in [1.82, 2.24) is 5.43 Å². The van der Waals surface area contributed by atoms with Gasteiger partial charge in [0.25, 0.3) is 5.91 Å². The van der Waals surface area contributed by atoms with Gasteiger partial charge in [0.05, 0.1) is 6.26 Å². The number of hydrogen-bond donors (Lipinski definition) is 2. The molecule has 1 aliphatic carbocycles. The highest BCUT2D eigenvalue weighted by atomic mass is 16.5. The molecule has 4 heteroatoms. The van der Waals surface area contributed by atoms with E-state index in [1.165, 1.54) is 0 Å². The third-order valence-corrected chi connectivity index (χ3v) is 3.08. The molecular weight excluding hydrogens is 228 g/mol. The fourth-order valence-corrected chi connectivity index (χ4v) is 2.16. The van der Waals surface area contributed by atoms with Gasteiger partial charge in [-0.3, -0.25) is 10.2 Å². The first-order chi connectivity index (χ1) is 8.79. The molecule has 1 aliphatic heterocycles. The number of rotatable bonds is 1. The summed E-state index contributed by atoms with van der Waals surface area (Å²) in [4.78, 5) is 11.5. The topological polar surface area (TPSA) is 64.3 Å². The number of allylic oxidation sites excluding steroid dienone is 2. The molecule has 0 radical (unpaired) electrons. The maximum Gasteiger partial charge on any atom is 0.265 e. The van der Waals surface area contributed by atoms with Gasteiger partial charge in [-0.05, 0) is 23.4 Å². The van der Waals surface area contributed by atoms with Crippen molar-refractivity contribution in [3.05, 3.63) is 58.5 Å². The van der Waals surface area contributed by atoms with Crippen molar-refractivity contribution in [2.75, 3.05) is 0 Å². The molecule has 90 valence electrons. The number of nitrogen functional groups attached to an aromatic ring is 1. The summed E-state index contributed by atoms with van der Waals surface area (Å²) in [6.07, 6.45) is 9.53. The molecule has 0 saturated heterocycles. The van der Waals surface area contributed by atoms with Crippen molar-refractivity contribution >= 4 is 17.7 Å². The van der Waals surface area contributed by atoms with E-state index in [0.29, 0.717) is 5.56 Å². The summed E-state index contributed by atoms with van der Waals surface area (Å²) >= 11 is 0. The second-order valence-corrected chi connectivity index (χ2v) is 4.15. The van der Waals surface area contributed by atoms with E-state index in [1.54, 1.807) is 12.3 Å². The van der Waals surface area contributed by atoms with Gasteiger partial charge < -0.3 is 4.74 Å². The Bertz CT molecular complexity index is 686. The van der Waals surface area contributed by atoms with Crippen molar-refractivity contribution in [2.24, 2.45) is 5.84 Å². The number of hydrazine groups is 1. The number of ether oxygens (including phenoxy) is 1. The molecular formula is C14H12N2O2. The van der Waals surface area contributed by atoms with E-state index >= 15 is 0 Å². The van der Waals surface area contributed by atoms with E-state index in [2.05, 4.69) is 5.43 Å². The van der Waals surface area contributed by atoms with Gasteiger partial charge in [0, 0.05) is 16.4 Å². The summed E-state index contributed by atoms with van der Waals surface area (Å²) in [6.45, 7) is 0. The molecule has 18 heavy (non-hydrogen) atoms. The number of fused-ring (bicyclic) bond motifs is 2. The van der Waals surface area contributed by atoms with Gasteiger partial charge in [-0.15, -0.1) is 0 Å². The smallest absolute Gasteiger partial charge is 0.265 e. The molecule has 0 fully saturated rings. The monoisotopic (exact) mass is 240 g/mol. The summed E-state index contributed by atoms with van der Waals surface area (Å²) in [7, 11) is 0. The first-order valence-electron chi connectivity index (χ1n) is 5.65. The van der Waals surface area contributed by atoms with Crippen LogP contribution in [-0.2, 0) is 4.74 Å². The Kier molecular flexibility index (Phi) is 2.50. The average Bonchev–Trinajstić information content (AvgIpc) is 2.45. The minimum Gasteiger partial charge on any atom is -0.489 e. The van der Waals surface area contributed by atoms with Gasteiger partial charge in [0.15, 0.2) is 0 Å². The fraction of sp³-hybridized carbons (Fsp3) is 0.0714. The summed E-state index contributed by atoms with van der Waals surface area (Å²) in [5, 5.41) is 1.97. The largest absolute Gasteiger partial charge is 0.489 e. The Labute approximate surface area is 104 Å². The van der Waals surface area contributed by atoms with Gasteiger partial charge in [-0.1, -0.05) is 24.3 Å². The molecule has 0 spiro atoms. The van der Waals surface area contributed by atoms with Crippen LogP contribution in [0.5, 0.6) is 0 Å². The number of hydrogen-bond acceptors (Lipinski definition) is 3. The van der Waals surface area contributed by atoms with E-state index in [0.717, 1.165) is 16.0 Å². The van der Waals surface area contributed by atoms with Crippen LogP contribution in [0.1, 0.15) is 10.4 Å². The zero-order valence-electron chi connectivity index (χ0n) is 9.59. The van der Waals surface area contributed by atoms with Gasteiger partial charge in [0.2, 0.25) is 0 Å². The summed E-state index contributed by atoms with van der Waals surface area (Å²) in [5.74, 6) is 4.85. The number of nitrogens with two attached hydrogens (primary N) is 1. The Balaban J connectivity index is 2.26. The van der Waals surface area contributed by atoms with Crippen LogP contribution in [0.2, 0.25) is 0 Å². The summed E-state index contributed by atoms with van der Waals surface area (Å²) in [5.41, 5.74) is 3.74. The number of nitrogens with one attached hydrogen (secondary N) is 1. The highest BCUT2D eigenvalue weighted by Gasteiger charge is 2.16. The Morgan fingerprint density at radius 2 is 2.22 bits per heavy atom. The van der Waals surface area contributed by atoms with Gasteiger partial charge >= 0.3 is 0 Å². The van der Waals surface area contributed by atoms with E-state index in [4.69, 9.17) is 10.6 Å². The second kappa shape index (κ2) is 4.16. The van der Waals surface area contributed by atoms with Crippen LogP contribution >= 0.6 is 0 Å². The van der Waals surface area contributed by atoms with E-state index < -0.39 is 0 Å². The van der Waals surface area contributed by atoms with Gasteiger partial charge in [-0.25, -0.2) is 5.84 Å². The second-order valence-electron chi connectivity index (χ2n) is 4.15. The number of carbonyl (C=O) groups is 1. The molecule has 3 N–H and O–H groups in total. The van der Waals surface area contributed by atoms with Crippen LogP contribution in [0.25, 0.3) is 11.8 Å². The number of amides is 1. The maximum absolute atomic E-state index is 11.5. The molecule has 0 bridgehead atoms. The van der Waals surface area contributed by atoms with E-state index in [-0.39, 0.29) is 12.0 Å². The lowest BCUT2D eigenvalue weighted by Gasteiger charge is -2.20. The summed E-state index contributed by atoms with van der Waals surface area (Å²) in [6, 6.07) is 5.42. The van der Waals surface area contributed by atoms with E-state index in [9.17, 15) is 4.79 Å². The maximum atomic E-state index is 11.5. The number of carbonyl (C=O) groups excluding carboxylic acids is 1. The fourth-order valence-electron chi connectivity index (χ4n) is 2.16. The lowest BCUT2D eigenvalue weighted by Crippen LogP contribution is -2.37. The molecule has 2 aliphatic rings. The molecule has 1 aromatic rings. The van der Waals surface area contributed by atoms with Gasteiger partial charge in [-0.2, -0.15) is 0 Å². The predicted octanol–water partition coefficient (Wildman–Crippen LogP) is -0.296.